The molecule has 0 saturated carbocycles. The fourth-order valence-corrected chi connectivity index (χ4v) is 2.18. The van der Waals surface area contributed by atoms with Gasteiger partial charge in [0.15, 0.2) is 5.82 Å². The lowest BCUT2D eigenvalue weighted by Gasteiger charge is -2.07. The Hall–Kier alpha value is -2.66. The largest absolute Gasteiger partial charge is 0.508 e. The molecule has 0 aliphatic carbocycles. The third-order valence-corrected chi connectivity index (χ3v) is 3.26. The summed E-state index contributed by atoms with van der Waals surface area (Å²) in [6.07, 6.45) is 0.690. The van der Waals surface area contributed by atoms with Gasteiger partial charge in [0.1, 0.15) is 11.6 Å². The lowest BCUT2D eigenvalue weighted by molar-refractivity contribution is 0.475. The molecule has 0 aliphatic heterocycles. The molecule has 0 saturated heterocycles. The number of hydrogen-bond acceptors (Lipinski definition) is 4. The van der Waals surface area contributed by atoms with E-state index in [9.17, 15) is 5.11 Å². The zero-order valence-corrected chi connectivity index (χ0v) is 11.4. The number of H-pyrrole nitrogens is 1. The smallest absolute Gasteiger partial charge is 0.181 e. The van der Waals surface area contributed by atoms with Crippen LogP contribution in [0.3, 0.4) is 0 Å². The zero-order valence-electron chi connectivity index (χ0n) is 11.4. The predicted molar refractivity (Wildman–Crippen MR) is 80.6 cm³/mol. The third-order valence-electron chi connectivity index (χ3n) is 3.26. The van der Waals surface area contributed by atoms with Crippen molar-refractivity contribution in [2.75, 3.05) is 0 Å². The average molecular weight is 280 g/mol. The van der Waals surface area contributed by atoms with Crippen LogP contribution >= 0.6 is 0 Å². The molecular weight excluding hydrogens is 264 g/mol. The Morgan fingerprint density at radius 1 is 1.10 bits per heavy atom. The number of benzene rings is 2. The molecule has 5 heteroatoms. The van der Waals surface area contributed by atoms with Gasteiger partial charge in [-0.3, -0.25) is 5.10 Å². The number of aromatic hydroxyl groups is 1. The second-order valence-corrected chi connectivity index (χ2v) is 4.89. The first-order valence-electron chi connectivity index (χ1n) is 6.73. The Bertz CT molecular complexity index is 724. The van der Waals surface area contributed by atoms with Crippen molar-refractivity contribution in [3.63, 3.8) is 0 Å². The average Bonchev–Trinajstić information content (AvgIpc) is 2.98. The summed E-state index contributed by atoms with van der Waals surface area (Å²) in [5.74, 6) is 1.36. The third kappa shape index (κ3) is 3.09. The lowest BCUT2D eigenvalue weighted by Crippen LogP contribution is -2.15. The van der Waals surface area contributed by atoms with Gasteiger partial charge in [-0.05, 0) is 24.1 Å². The normalized spacial score (nSPS) is 12.2. The molecule has 0 bridgehead atoms. The Labute approximate surface area is 122 Å². The van der Waals surface area contributed by atoms with E-state index in [1.165, 1.54) is 0 Å². The highest BCUT2D eigenvalue weighted by molar-refractivity contribution is 5.56. The number of nitrogens with two attached hydrogens (primary N) is 1. The van der Waals surface area contributed by atoms with E-state index in [4.69, 9.17) is 5.73 Å². The van der Waals surface area contributed by atoms with E-state index in [-0.39, 0.29) is 11.8 Å². The topological polar surface area (TPSA) is 87.8 Å². The van der Waals surface area contributed by atoms with Crippen LogP contribution in [0.15, 0.2) is 54.6 Å². The van der Waals surface area contributed by atoms with Crippen molar-refractivity contribution < 1.29 is 5.11 Å². The molecule has 0 unspecified atom stereocenters. The second-order valence-electron chi connectivity index (χ2n) is 4.89. The first kappa shape index (κ1) is 13.3. The molecule has 0 radical (unpaired) electrons. The highest BCUT2D eigenvalue weighted by atomic mass is 16.3. The molecule has 4 N–H and O–H groups in total. The number of aromatic amines is 1. The highest BCUT2D eigenvalue weighted by Crippen LogP contribution is 2.21. The van der Waals surface area contributed by atoms with Crippen molar-refractivity contribution in [3.8, 4) is 17.1 Å². The Morgan fingerprint density at radius 2 is 1.90 bits per heavy atom. The summed E-state index contributed by atoms with van der Waals surface area (Å²) in [7, 11) is 0. The molecule has 0 aliphatic rings. The summed E-state index contributed by atoms with van der Waals surface area (Å²) < 4.78 is 0. The van der Waals surface area contributed by atoms with Crippen LogP contribution in [0, 0.1) is 0 Å². The number of aromatic nitrogens is 3. The van der Waals surface area contributed by atoms with Gasteiger partial charge >= 0.3 is 0 Å². The van der Waals surface area contributed by atoms with Crippen LogP contribution in [-0.2, 0) is 6.42 Å². The number of rotatable bonds is 4. The Kier molecular flexibility index (Phi) is 3.66. The molecule has 106 valence electrons. The van der Waals surface area contributed by atoms with Crippen molar-refractivity contribution in [2.24, 2.45) is 5.73 Å². The van der Waals surface area contributed by atoms with Crippen LogP contribution in [0.1, 0.15) is 17.4 Å². The second kappa shape index (κ2) is 5.76. The Morgan fingerprint density at radius 3 is 2.67 bits per heavy atom. The lowest BCUT2D eigenvalue weighted by atomic mass is 10.1. The number of hydrogen-bond donors (Lipinski definition) is 3. The quantitative estimate of drug-likeness (QED) is 0.685. The molecule has 5 nitrogen and oxygen atoms in total. The van der Waals surface area contributed by atoms with Crippen LogP contribution in [0.25, 0.3) is 11.4 Å². The summed E-state index contributed by atoms with van der Waals surface area (Å²) in [4.78, 5) is 4.41. The van der Waals surface area contributed by atoms with Gasteiger partial charge in [-0.1, -0.05) is 42.5 Å². The number of phenolic OH excluding ortho intramolecular Hbond substituents is 1. The number of nitrogens with one attached hydrogen (secondary N) is 1. The van der Waals surface area contributed by atoms with Crippen LogP contribution in [0.5, 0.6) is 5.75 Å². The van der Waals surface area contributed by atoms with E-state index >= 15 is 0 Å². The first-order chi connectivity index (χ1) is 10.2. The van der Waals surface area contributed by atoms with Gasteiger partial charge in [-0.25, -0.2) is 4.98 Å². The molecule has 1 heterocycles. The summed E-state index contributed by atoms with van der Waals surface area (Å²) >= 11 is 0. The zero-order chi connectivity index (χ0) is 14.7. The molecule has 3 rings (SSSR count). The fourth-order valence-electron chi connectivity index (χ4n) is 2.18. The van der Waals surface area contributed by atoms with Gasteiger partial charge in [0.2, 0.25) is 0 Å². The highest BCUT2D eigenvalue weighted by Gasteiger charge is 2.13. The van der Waals surface area contributed by atoms with Crippen molar-refractivity contribution in [3.05, 3.63) is 66.0 Å². The van der Waals surface area contributed by atoms with E-state index in [0.29, 0.717) is 18.1 Å². The van der Waals surface area contributed by atoms with Gasteiger partial charge in [0.05, 0.1) is 6.04 Å². The number of nitrogens with zero attached hydrogens (tertiary/aromatic N) is 2. The summed E-state index contributed by atoms with van der Waals surface area (Å²) in [5, 5.41) is 16.5. The van der Waals surface area contributed by atoms with E-state index in [2.05, 4.69) is 15.2 Å². The van der Waals surface area contributed by atoms with Crippen molar-refractivity contribution in [2.45, 2.75) is 12.5 Å². The SMILES string of the molecule is N[C@H](Cc1ccccc1)c1nc(-c2cccc(O)c2)n[nH]1. The van der Waals surface area contributed by atoms with Crippen molar-refractivity contribution in [1.29, 1.82) is 0 Å². The van der Waals surface area contributed by atoms with E-state index in [1.807, 2.05) is 36.4 Å². The van der Waals surface area contributed by atoms with Gasteiger partial charge < -0.3 is 10.8 Å². The van der Waals surface area contributed by atoms with Crippen molar-refractivity contribution in [1.82, 2.24) is 15.2 Å². The van der Waals surface area contributed by atoms with Crippen LogP contribution in [0.2, 0.25) is 0 Å². The maximum Gasteiger partial charge on any atom is 0.181 e. The summed E-state index contributed by atoms with van der Waals surface area (Å²) in [5.41, 5.74) is 8.07. The maximum atomic E-state index is 9.49. The molecule has 0 fully saturated rings. The molecule has 21 heavy (non-hydrogen) atoms. The molecule has 1 atom stereocenters. The molecule has 1 aromatic heterocycles. The fraction of sp³-hybridized carbons (Fsp3) is 0.125. The predicted octanol–water partition coefficient (Wildman–Crippen LogP) is 2.42. The van der Waals surface area contributed by atoms with Gasteiger partial charge in [-0.2, -0.15) is 5.10 Å². The first-order valence-corrected chi connectivity index (χ1v) is 6.73. The van der Waals surface area contributed by atoms with Crippen LogP contribution in [0.4, 0.5) is 0 Å². The number of phenols is 1. The standard InChI is InChI=1S/C16H16N4O/c17-14(9-11-5-2-1-3-6-11)16-18-15(19-20-16)12-7-4-8-13(21)10-12/h1-8,10,14,21H,9,17H2,(H,18,19,20)/t14-/m1/s1. The molecule has 0 spiro atoms. The van der Waals surface area contributed by atoms with Crippen LogP contribution < -0.4 is 5.73 Å². The van der Waals surface area contributed by atoms with Crippen LogP contribution in [-0.4, -0.2) is 20.3 Å². The van der Waals surface area contributed by atoms with E-state index in [0.717, 1.165) is 11.1 Å². The minimum atomic E-state index is -0.244. The minimum absolute atomic E-state index is 0.187. The Balaban J connectivity index is 1.78. The molecule has 0 amide bonds. The minimum Gasteiger partial charge on any atom is -0.508 e. The van der Waals surface area contributed by atoms with Crippen molar-refractivity contribution >= 4 is 0 Å². The molecular formula is C16H16N4O. The maximum absolute atomic E-state index is 9.49. The van der Waals surface area contributed by atoms with Gasteiger partial charge in [0.25, 0.3) is 0 Å². The molecule has 3 aromatic rings. The molecule has 2 aromatic carbocycles. The monoisotopic (exact) mass is 280 g/mol. The summed E-state index contributed by atoms with van der Waals surface area (Å²) in [6, 6.07) is 16.6. The van der Waals surface area contributed by atoms with Gasteiger partial charge in [0, 0.05) is 5.56 Å². The van der Waals surface area contributed by atoms with E-state index < -0.39 is 0 Å². The van der Waals surface area contributed by atoms with E-state index in [1.54, 1.807) is 18.2 Å². The summed E-state index contributed by atoms with van der Waals surface area (Å²) in [6.45, 7) is 0. The van der Waals surface area contributed by atoms with Gasteiger partial charge in [-0.15, -0.1) is 0 Å².